The third kappa shape index (κ3) is 2.60. The first-order valence-corrected chi connectivity index (χ1v) is 5.70. The molecule has 2 rings (SSSR count). The van der Waals surface area contributed by atoms with Crippen LogP contribution in [0.15, 0.2) is 39.5 Å². The summed E-state index contributed by atoms with van der Waals surface area (Å²) in [5, 5.41) is 0. The maximum atomic E-state index is 13.0. The first-order chi connectivity index (χ1) is 7.15. The van der Waals surface area contributed by atoms with Crippen LogP contribution in [0.1, 0.15) is 0 Å². The van der Waals surface area contributed by atoms with Crippen LogP contribution in [0.5, 0.6) is 0 Å². The van der Waals surface area contributed by atoms with Crippen molar-refractivity contribution in [3.05, 3.63) is 45.4 Å². The summed E-state index contributed by atoms with van der Waals surface area (Å²) in [6.45, 7) is 0. The zero-order valence-electron chi connectivity index (χ0n) is 7.42. The third-order valence-electron chi connectivity index (χ3n) is 1.75. The maximum Gasteiger partial charge on any atom is 0.161 e. The van der Waals surface area contributed by atoms with E-state index >= 15 is 0 Å². The van der Waals surface area contributed by atoms with Crippen LogP contribution in [0.3, 0.4) is 0 Å². The molecule has 0 bridgehead atoms. The number of rotatable bonds is 1. The lowest BCUT2D eigenvalue weighted by Crippen LogP contribution is -1.90. The van der Waals surface area contributed by atoms with Gasteiger partial charge < -0.3 is 0 Å². The molecule has 2 nitrogen and oxygen atoms in total. The van der Waals surface area contributed by atoms with Gasteiger partial charge in [-0.2, -0.15) is 0 Å². The largest absolute Gasteiger partial charge is 0.221 e. The Kier molecular flexibility index (Phi) is 3.11. The highest BCUT2D eigenvalue weighted by Crippen LogP contribution is 2.21. The molecule has 76 valence electrons. The fourth-order valence-corrected chi connectivity index (χ4v) is 2.22. The van der Waals surface area contributed by atoms with Gasteiger partial charge in [0.05, 0.1) is 0 Å². The SMILES string of the molecule is Fc1cccc(-c2nc(Br)cc(Br)n2)c1. The predicted molar refractivity (Wildman–Crippen MR) is 62.8 cm³/mol. The Balaban J connectivity index is 2.54. The summed E-state index contributed by atoms with van der Waals surface area (Å²) in [6.07, 6.45) is 0. The second-order valence-electron chi connectivity index (χ2n) is 2.85. The summed E-state index contributed by atoms with van der Waals surface area (Å²) in [5.74, 6) is 0.183. The lowest BCUT2D eigenvalue weighted by molar-refractivity contribution is 0.628. The average Bonchev–Trinajstić information content (AvgIpc) is 2.16. The van der Waals surface area contributed by atoms with E-state index in [1.165, 1.54) is 12.1 Å². The second kappa shape index (κ2) is 4.37. The monoisotopic (exact) mass is 330 g/mol. The normalized spacial score (nSPS) is 10.3. The summed E-state index contributed by atoms with van der Waals surface area (Å²) in [5.41, 5.74) is 0.650. The van der Waals surface area contributed by atoms with Crippen LogP contribution in [-0.2, 0) is 0 Å². The minimum atomic E-state index is -0.299. The molecule has 0 spiro atoms. The number of nitrogens with zero attached hydrogens (tertiary/aromatic N) is 2. The first-order valence-electron chi connectivity index (χ1n) is 4.11. The molecule has 0 amide bonds. The van der Waals surface area contributed by atoms with Crippen LogP contribution in [0.4, 0.5) is 4.39 Å². The molecule has 0 fully saturated rings. The predicted octanol–water partition coefficient (Wildman–Crippen LogP) is 3.81. The third-order valence-corrected chi connectivity index (χ3v) is 2.56. The van der Waals surface area contributed by atoms with Crippen molar-refractivity contribution in [3.63, 3.8) is 0 Å². The van der Waals surface area contributed by atoms with E-state index in [9.17, 15) is 4.39 Å². The van der Waals surface area contributed by atoms with E-state index in [4.69, 9.17) is 0 Å². The fraction of sp³-hybridized carbons (Fsp3) is 0. The van der Waals surface area contributed by atoms with Crippen molar-refractivity contribution in [2.45, 2.75) is 0 Å². The van der Waals surface area contributed by atoms with Crippen molar-refractivity contribution >= 4 is 31.9 Å². The molecule has 1 aromatic heterocycles. The first kappa shape index (κ1) is 10.7. The Morgan fingerprint density at radius 3 is 2.27 bits per heavy atom. The van der Waals surface area contributed by atoms with Gasteiger partial charge in [-0.25, -0.2) is 14.4 Å². The Hall–Kier alpha value is -0.810. The molecular formula is C10H5Br2FN2. The van der Waals surface area contributed by atoms with Crippen LogP contribution in [0, 0.1) is 5.82 Å². The zero-order valence-corrected chi connectivity index (χ0v) is 10.6. The highest BCUT2D eigenvalue weighted by Gasteiger charge is 2.04. The summed E-state index contributed by atoms with van der Waals surface area (Å²) < 4.78 is 14.3. The molecule has 1 aromatic carbocycles. The quantitative estimate of drug-likeness (QED) is 0.743. The molecule has 2 aromatic rings. The van der Waals surface area contributed by atoms with Crippen molar-refractivity contribution in [2.24, 2.45) is 0 Å². The van der Waals surface area contributed by atoms with Gasteiger partial charge in [-0.05, 0) is 44.0 Å². The van der Waals surface area contributed by atoms with E-state index < -0.39 is 0 Å². The standard InChI is InChI=1S/C10H5Br2FN2/c11-8-5-9(12)15-10(14-8)6-2-1-3-7(13)4-6/h1-5H. The van der Waals surface area contributed by atoms with E-state index in [2.05, 4.69) is 41.8 Å². The minimum absolute atomic E-state index is 0.299. The number of hydrogen-bond donors (Lipinski definition) is 0. The topological polar surface area (TPSA) is 25.8 Å². The molecule has 0 aliphatic rings. The average molecular weight is 332 g/mol. The second-order valence-corrected chi connectivity index (χ2v) is 4.47. The highest BCUT2D eigenvalue weighted by atomic mass is 79.9. The van der Waals surface area contributed by atoms with E-state index in [1.807, 2.05) is 0 Å². The van der Waals surface area contributed by atoms with Gasteiger partial charge in [0.1, 0.15) is 15.0 Å². The van der Waals surface area contributed by atoms with Gasteiger partial charge in [0.15, 0.2) is 5.82 Å². The molecule has 15 heavy (non-hydrogen) atoms. The maximum absolute atomic E-state index is 13.0. The summed E-state index contributed by atoms with van der Waals surface area (Å²) in [4.78, 5) is 8.31. The molecule has 0 aliphatic heterocycles. The molecule has 0 saturated heterocycles. The van der Waals surface area contributed by atoms with Crippen molar-refractivity contribution in [1.29, 1.82) is 0 Å². The van der Waals surface area contributed by atoms with Gasteiger partial charge in [-0.3, -0.25) is 0 Å². The van der Waals surface area contributed by atoms with E-state index in [1.54, 1.807) is 18.2 Å². The van der Waals surface area contributed by atoms with Crippen molar-refractivity contribution in [2.75, 3.05) is 0 Å². The van der Waals surface area contributed by atoms with Crippen LogP contribution < -0.4 is 0 Å². The summed E-state index contributed by atoms with van der Waals surface area (Å²) >= 11 is 6.51. The number of halogens is 3. The minimum Gasteiger partial charge on any atom is -0.221 e. The Morgan fingerprint density at radius 1 is 1.00 bits per heavy atom. The van der Waals surface area contributed by atoms with Gasteiger partial charge in [-0.1, -0.05) is 12.1 Å². The molecule has 0 saturated carbocycles. The summed E-state index contributed by atoms with van der Waals surface area (Å²) in [7, 11) is 0. The molecular weight excluding hydrogens is 327 g/mol. The zero-order chi connectivity index (χ0) is 10.8. The van der Waals surface area contributed by atoms with Crippen LogP contribution in [0.2, 0.25) is 0 Å². The molecule has 0 atom stereocenters. The van der Waals surface area contributed by atoms with Gasteiger partial charge in [0.25, 0.3) is 0 Å². The van der Waals surface area contributed by atoms with E-state index in [0.29, 0.717) is 20.6 Å². The molecule has 0 aliphatic carbocycles. The number of benzene rings is 1. The van der Waals surface area contributed by atoms with Crippen LogP contribution in [-0.4, -0.2) is 9.97 Å². The van der Waals surface area contributed by atoms with Crippen LogP contribution in [0.25, 0.3) is 11.4 Å². The lowest BCUT2D eigenvalue weighted by Gasteiger charge is -2.01. The number of aromatic nitrogens is 2. The van der Waals surface area contributed by atoms with Gasteiger partial charge in [0, 0.05) is 11.6 Å². The molecule has 0 radical (unpaired) electrons. The Bertz CT molecular complexity index is 482. The van der Waals surface area contributed by atoms with E-state index in [-0.39, 0.29) is 5.82 Å². The van der Waals surface area contributed by atoms with Gasteiger partial charge in [0.2, 0.25) is 0 Å². The molecule has 5 heteroatoms. The Labute approximate surface area is 103 Å². The highest BCUT2D eigenvalue weighted by molar-refractivity contribution is 9.11. The number of hydrogen-bond acceptors (Lipinski definition) is 2. The van der Waals surface area contributed by atoms with Crippen molar-refractivity contribution in [1.82, 2.24) is 9.97 Å². The smallest absolute Gasteiger partial charge is 0.161 e. The summed E-state index contributed by atoms with van der Waals surface area (Å²) in [6, 6.07) is 7.90. The van der Waals surface area contributed by atoms with Crippen molar-refractivity contribution in [3.8, 4) is 11.4 Å². The molecule has 1 heterocycles. The van der Waals surface area contributed by atoms with Gasteiger partial charge in [-0.15, -0.1) is 0 Å². The Morgan fingerprint density at radius 2 is 1.67 bits per heavy atom. The van der Waals surface area contributed by atoms with E-state index in [0.717, 1.165) is 0 Å². The van der Waals surface area contributed by atoms with Crippen molar-refractivity contribution < 1.29 is 4.39 Å². The molecule has 0 N–H and O–H groups in total. The molecule has 0 unspecified atom stereocenters. The van der Waals surface area contributed by atoms with Crippen LogP contribution >= 0.6 is 31.9 Å². The van der Waals surface area contributed by atoms with Gasteiger partial charge >= 0.3 is 0 Å². The fourth-order valence-electron chi connectivity index (χ4n) is 1.15. The lowest BCUT2D eigenvalue weighted by atomic mass is 10.2.